The lowest BCUT2D eigenvalue weighted by Gasteiger charge is -2.20. The van der Waals surface area contributed by atoms with E-state index in [9.17, 15) is 4.21 Å². The maximum atomic E-state index is 12.0. The lowest BCUT2D eigenvalue weighted by Crippen LogP contribution is -2.29. The van der Waals surface area contributed by atoms with Crippen LogP contribution < -0.4 is 10.5 Å². The quantitative estimate of drug-likeness (QED) is 0.816. The van der Waals surface area contributed by atoms with E-state index >= 15 is 0 Å². The molecule has 0 aliphatic carbocycles. The molecule has 0 fully saturated rings. The number of rotatable bonds is 7. The first kappa shape index (κ1) is 15.1. The zero-order valence-corrected chi connectivity index (χ0v) is 11.9. The average molecular weight is 271 g/mol. The van der Waals surface area contributed by atoms with Crippen molar-refractivity contribution in [2.75, 3.05) is 26.6 Å². The molecular weight excluding hydrogens is 250 g/mol. The van der Waals surface area contributed by atoms with Gasteiger partial charge in [0.2, 0.25) is 0 Å². The van der Waals surface area contributed by atoms with Gasteiger partial charge in [-0.3, -0.25) is 4.21 Å². The van der Waals surface area contributed by atoms with E-state index in [0.717, 1.165) is 11.3 Å². The standard InChI is InChI=1S/C13H21NO3S/c1-10(18(15)9-8-16-2)13(14)11-4-6-12(17-3)7-5-11/h4-7,10,13H,8-9,14H2,1-3H3. The molecule has 18 heavy (non-hydrogen) atoms. The first-order valence-corrected chi connectivity index (χ1v) is 7.24. The van der Waals surface area contributed by atoms with Gasteiger partial charge in [0, 0.05) is 29.7 Å². The van der Waals surface area contributed by atoms with Crippen molar-refractivity contribution in [3.05, 3.63) is 29.8 Å². The number of hydrogen-bond acceptors (Lipinski definition) is 4. The van der Waals surface area contributed by atoms with Gasteiger partial charge in [0.1, 0.15) is 5.75 Å². The van der Waals surface area contributed by atoms with Crippen molar-refractivity contribution in [1.82, 2.24) is 0 Å². The van der Waals surface area contributed by atoms with Crippen molar-refractivity contribution >= 4 is 10.8 Å². The van der Waals surface area contributed by atoms with Crippen LogP contribution in [0.3, 0.4) is 0 Å². The lowest BCUT2D eigenvalue weighted by atomic mass is 10.1. The molecule has 0 heterocycles. The second-order valence-corrected chi connectivity index (χ2v) is 6.00. The molecule has 0 radical (unpaired) electrons. The van der Waals surface area contributed by atoms with Crippen LogP contribution in [0, 0.1) is 0 Å². The number of ether oxygens (including phenoxy) is 2. The maximum Gasteiger partial charge on any atom is 0.118 e. The molecule has 2 N–H and O–H groups in total. The van der Waals surface area contributed by atoms with Gasteiger partial charge in [-0.05, 0) is 24.6 Å². The van der Waals surface area contributed by atoms with Crippen molar-refractivity contribution in [2.24, 2.45) is 5.73 Å². The van der Waals surface area contributed by atoms with Crippen LogP contribution in [0.15, 0.2) is 24.3 Å². The summed E-state index contributed by atoms with van der Waals surface area (Å²) in [5.74, 6) is 1.31. The number of nitrogens with two attached hydrogens (primary N) is 1. The van der Waals surface area contributed by atoms with E-state index in [2.05, 4.69) is 0 Å². The summed E-state index contributed by atoms with van der Waals surface area (Å²) in [7, 11) is 2.24. The predicted octanol–water partition coefficient (Wildman–Crippen LogP) is 1.48. The zero-order chi connectivity index (χ0) is 13.5. The first-order valence-electron chi connectivity index (χ1n) is 5.85. The Labute approximate surface area is 111 Å². The summed E-state index contributed by atoms with van der Waals surface area (Å²) >= 11 is 0. The first-order chi connectivity index (χ1) is 8.60. The molecule has 4 nitrogen and oxygen atoms in total. The fourth-order valence-electron chi connectivity index (χ4n) is 1.61. The fraction of sp³-hybridized carbons (Fsp3) is 0.538. The molecular formula is C13H21NO3S. The van der Waals surface area contributed by atoms with Crippen molar-refractivity contribution in [3.63, 3.8) is 0 Å². The summed E-state index contributed by atoms with van der Waals surface area (Å²) < 4.78 is 22.0. The molecule has 0 saturated heterocycles. The van der Waals surface area contributed by atoms with Crippen molar-refractivity contribution in [2.45, 2.75) is 18.2 Å². The molecule has 0 aromatic heterocycles. The highest BCUT2D eigenvalue weighted by molar-refractivity contribution is 7.85. The Morgan fingerprint density at radius 3 is 2.39 bits per heavy atom. The van der Waals surface area contributed by atoms with Crippen molar-refractivity contribution in [3.8, 4) is 5.75 Å². The molecule has 102 valence electrons. The van der Waals surface area contributed by atoms with Crippen LogP contribution in [0.2, 0.25) is 0 Å². The lowest BCUT2D eigenvalue weighted by molar-refractivity contribution is 0.218. The Kier molecular flexibility index (Phi) is 6.32. The summed E-state index contributed by atoms with van der Waals surface area (Å²) in [6, 6.07) is 7.30. The minimum atomic E-state index is -0.984. The van der Waals surface area contributed by atoms with E-state index in [1.807, 2.05) is 31.2 Å². The smallest absolute Gasteiger partial charge is 0.118 e. The molecule has 0 spiro atoms. The van der Waals surface area contributed by atoms with Gasteiger partial charge in [-0.25, -0.2) is 0 Å². The second-order valence-electron chi connectivity index (χ2n) is 4.08. The van der Waals surface area contributed by atoms with E-state index in [-0.39, 0.29) is 11.3 Å². The van der Waals surface area contributed by atoms with E-state index < -0.39 is 10.8 Å². The van der Waals surface area contributed by atoms with Crippen LogP contribution in [0.25, 0.3) is 0 Å². The van der Waals surface area contributed by atoms with Gasteiger partial charge in [0.05, 0.1) is 19.0 Å². The van der Waals surface area contributed by atoms with E-state index in [0.29, 0.717) is 12.4 Å². The molecule has 0 amide bonds. The van der Waals surface area contributed by atoms with Crippen LogP contribution in [0.4, 0.5) is 0 Å². The van der Waals surface area contributed by atoms with Gasteiger partial charge in [0.15, 0.2) is 0 Å². The van der Waals surface area contributed by atoms with Crippen LogP contribution >= 0.6 is 0 Å². The third-order valence-electron chi connectivity index (χ3n) is 2.91. The Balaban J connectivity index is 2.66. The van der Waals surface area contributed by atoms with E-state index in [4.69, 9.17) is 15.2 Å². The number of hydrogen-bond donors (Lipinski definition) is 1. The summed E-state index contributed by atoms with van der Waals surface area (Å²) in [6.45, 7) is 2.40. The Hall–Kier alpha value is -0.910. The highest BCUT2D eigenvalue weighted by atomic mass is 32.2. The van der Waals surface area contributed by atoms with Crippen LogP contribution in [-0.2, 0) is 15.5 Å². The van der Waals surface area contributed by atoms with Crippen LogP contribution in [0.1, 0.15) is 18.5 Å². The third-order valence-corrected chi connectivity index (χ3v) is 4.60. The Bertz CT molecular complexity index is 380. The highest BCUT2D eigenvalue weighted by Gasteiger charge is 2.20. The molecule has 1 aromatic carbocycles. The molecule has 1 aromatic rings. The average Bonchev–Trinajstić information content (AvgIpc) is 2.43. The summed E-state index contributed by atoms with van der Waals surface area (Å²) in [5.41, 5.74) is 7.09. The monoisotopic (exact) mass is 271 g/mol. The van der Waals surface area contributed by atoms with Gasteiger partial charge in [-0.1, -0.05) is 12.1 Å². The largest absolute Gasteiger partial charge is 0.497 e. The van der Waals surface area contributed by atoms with Gasteiger partial charge < -0.3 is 15.2 Å². The predicted molar refractivity (Wildman–Crippen MR) is 74.3 cm³/mol. The number of benzene rings is 1. The summed E-state index contributed by atoms with van der Waals surface area (Å²) in [6.07, 6.45) is 0. The molecule has 1 rings (SSSR count). The second kappa shape index (κ2) is 7.51. The van der Waals surface area contributed by atoms with Gasteiger partial charge in [-0.2, -0.15) is 0 Å². The van der Waals surface area contributed by atoms with Gasteiger partial charge in [-0.15, -0.1) is 0 Å². The Morgan fingerprint density at radius 2 is 1.89 bits per heavy atom. The van der Waals surface area contributed by atoms with E-state index in [1.54, 1.807) is 14.2 Å². The van der Waals surface area contributed by atoms with Crippen molar-refractivity contribution < 1.29 is 13.7 Å². The highest BCUT2D eigenvalue weighted by Crippen LogP contribution is 2.21. The normalized spacial score (nSPS) is 16.0. The summed E-state index contributed by atoms with van der Waals surface area (Å²) in [5, 5.41) is -0.103. The number of methoxy groups -OCH3 is 2. The van der Waals surface area contributed by atoms with Crippen LogP contribution in [-0.4, -0.2) is 36.0 Å². The SMILES string of the molecule is COCCS(=O)C(C)C(N)c1ccc(OC)cc1. The van der Waals surface area contributed by atoms with Gasteiger partial charge in [0.25, 0.3) is 0 Å². The molecule has 3 unspecified atom stereocenters. The molecule has 3 atom stereocenters. The molecule has 0 aliphatic heterocycles. The van der Waals surface area contributed by atoms with Crippen molar-refractivity contribution in [1.29, 1.82) is 0 Å². The van der Waals surface area contributed by atoms with Crippen LogP contribution in [0.5, 0.6) is 5.75 Å². The molecule has 0 bridgehead atoms. The molecule has 5 heteroatoms. The maximum absolute atomic E-state index is 12.0. The minimum absolute atomic E-state index is 0.103. The third kappa shape index (κ3) is 4.08. The van der Waals surface area contributed by atoms with E-state index in [1.165, 1.54) is 0 Å². The fourth-order valence-corrected chi connectivity index (χ4v) is 2.80. The Morgan fingerprint density at radius 1 is 1.28 bits per heavy atom. The molecule has 0 aliphatic rings. The molecule has 0 saturated carbocycles. The summed E-state index contributed by atoms with van der Waals surface area (Å²) in [4.78, 5) is 0. The minimum Gasteiger partial charge on any atom is -0.497 e. The van der Waals surface area contributed by atoms with Gasteiger partial charge >= 0.3 is 0 Å². The zero-order valence-electron chi connectivity index (χ0n) is 11.1. The topological polar surface area (TPSA) is 61.5 Å².